The Morgan fingerprint density at radius 1 is 0.903 bits per heavy atom. The van der Waals surface area contributed by atoms with E-state index in [1.165, 1.54) is 0 Å². The van der Waals surface area contributed by atoms with Crippen molar-refractivity contribution in [1.82, 2.24) is 15.1 Å². The molecule has 0 saturated heterocycles. The number of hydrogen-bond acceptors (Lipinski definition) is 4. The molecule has 0 unspecified atom stereocenters. The van der Waals surface area contributed by atoms with Gasteiger partial charge in [-0.2, -0.15) is 5.10 Å². The van der Waals surface area contributed by atoms with Crippen LogP contribution in [0.4, 0.5) is 0 Å². The summed E-state index contributed by atoms with van der Waals surface area (Å²) >= 11 is 0. The summed E-state index contributed by atoms with van der Waals surface area (Å²) in [5.41, 5.74) is 3.75. The summed E-state index contributed by atoms with van der Waals surface area (Å²) in [5.74, 6) is 1.28. The van der Waals surface area contributed by atoms with Crippen molar-refractivity contribution in [2.24, 2.45) is 0 Å². The molecule has 0 aliphatic carbocycles. The van der Waals surface area contributed by atoms with Gasteiger partial charge in [0.1, 0.15) is 17.2 Å². The predicted molar refractivity (Wildman–Crippen MR) is 120 cm³/mol. The Hall–Kier alpha value is -4.06. The fourth-order valence-electron chi connectivity index (χ4n) is 3.26. The molecule has 4 aromatic rings. The van der Waals surface area contributed by atoms with Gasteiger partial charge in [0, 0.05) is 18.3 Å². The van der Waals surface area contributed by atoms with Gasteiger partial charge < -0.3 is 14.8 Å². The summed E-state index contributed by atoms with van der Waals surface area (Å²) in [4.78, 5) is 13.1. The van der Waals surface area contributed by atoms with Gasteiger partial charge in [0.2, 0.25) is 0 Å². The molecule has 0 bridgehead atoms. The van der Waals surface area contributed by atoms with E-state index in [0.717, 1.165) is 22.6 Å². The zero-order valence-corrected chi connectivity index (χ0v) is 17.4. The van der Waals surface area contributed by atoms with Gasteiger partial charge in [-0.1, -0.05) is 42.5 Å². The van der Waals surface area contributed by atoms with E-state index in [4.69, 9.17) is 14.6 Å². The van der Waals surface area contributed by atoms with Crippen molar-refractivity contribution in [2.45, 2.75) is 6.54 Å². The number of hydrogen-bond donors (Lipinski definition) is 1. The minimum Gasteiger partial charge on any atom is -0.497 e. The Morgan fingerprint density at radius 2 is 1.65 bits per heavy atom. The molecule has 1 amide bonds. The van der Waals surface area contributed by atoms with E-state index in [9.17, 15) is 4.79 Å². The van der Waals surface area contributed by atoms with Crippen LogP contribution in [0.25, 0.3) is 16.9 Å². The van der Waals surface area contributed by atoms with Crippen LogP contribution in [0, 0.1) is 0 Å². The van der Waals surface area contributed by atoms with Crippen LogP contribution in [0.1, 0.15) is 15.9 Å². The maximum atomic E-state index is 13.1. The third kappa shape index (κ3) is 4.59. The number of para-hydroxylation sites is 1. The highest BCUT2D eigenvalue weighted by Gasteiger charge is 2.19. The first-order chi connectivity index (χ1) is 15.2. The molecule has 1 heterocycles. The number of nitrogens with one attached hydrogen (secondary N) is 1. The van der Waals surface area contributed by atoms with Gasteiger partial charge in [0.15, 0.2) is 0 Å². The van der Waals surface area contributed by atoms with Crippen molar-refractivity contribution >= 4 is 5.91 Å². The Labute approximate surface area is 181 Å². The van der Waals surface area contributed by atoms with E-state index in [-0.39, 0.29) is 5.91 Å². The molecule has 0 spiro atoms. The smallest absolute Gasteiger partial charge is 0.255 e. The van der Waals surface area contributed by atoms with Crippen LogP contribution in [0.5, 0.6) is 11.5 Å². The summed E-state index contributed by atoms with van der Waals surface area (Å²) in [7, 11) is 3.24. The number of aromatic nitrogens is 2. The second-order valence-corrected chi connectivity index (χ2v) is 6.93. The molecule has 1 aromatic heterocycles. The van der Waals surface area contributed by atoms with E-state index >= 15 is 0 Å². The summed E-state index contributed by atoms with van der Waals surface area (Å²) in [6.07, 6.45) is 1.76. The molecular formula is C25H23N3O3. The first-order valence-electron chi connectivity index (χ1n) is 9.88. The van der Waals surface area contributed by atoms with Gasteiger partial charge >= 0.3 is 0 Å². The molecule has 6 heteroatoms. The molecule has 156 valence electrons. The zero-order valence-electron chi connectivity index (χ0n) is 17.4. The number of nitrogens with zero attached hydrogens (tertiary/aromatic N) is 2. The fraction of sp³-hybridized carbons (Fsp3) is 0.120. The standard InChI is InChI=1S/C25H23N3O3/c1-30-21-13-11-18(12-14-21)16-26-25(29)23-17-28(20-8-4-3-5-9-20)27-24(23)19-7-6-10-22(15-19)31-2/h3-15,17H,16H2,1-2H3,(H,26,29). The maximum Gasteiger partial charge on any atom is 0.255 e. The van der Waals surface area contributed by atoms with Gasteiger partial charge in [-0.15, -0.1) is 0 Å². The average molecular weight is 413 g/mol. The fourth-order valence-corrected chi connectivity index (χ4v) is 3.26. The van der Waals surface area contributed by atoms with Crippen molar-refractivity contribution < 1.29 is 14.3 Å². The molecule has 0 saturated carbocycles. The molecule has 0 fully saturated rings. The van der Waals surface area contributed by atoms with Crippen molar-refractivity contribution in [1.29, 1.82) is 0 Å². The lowest BCUT2D eigenvalue weighted by molar-refractivity contribution is 0.0951. The van der Waals surface area contributed by atoms with Crippen LogP contribution in [0.3, 0.4) is 0 Å². The molecular weight excluding hydrogens is 390 g/mol. The summed E-state index contributed by atoms with van der Waals surface area (Å²) in [6, 6.07) is 24.8. The summed E-state index contributed by atoms with van der Waals surface area (Å²) in [6.45, 7) is 0.400. The number of methoxy groups -OCH3 is 2. The highest BCUT2D eigenvalue weighted by atomic mass is 16.5. The molecule has 0 radical (unpaired) electrons. The number of carbonyl (C=O) groups excluding carboxylic acids is 1. The third-order valence-corrected chi connectivity index (χ3v) is 4.93. The SMILES string of the molecule is COc1ccc(CNC(=O)c2cn(-c3ccccc3)nc2-c2cccc(OC)c2)cc1. The molecule has 1 N–H and O–H groups in total. The van der Waals surface area contributed by atoms with Gasteiger partial charge in [-0.3, -0.25) is 4.79 Å². The molecule has 0 atom stereocenters. The topological polar surface area (TPSA) is 65.4 Å². The lowest BCUT2D eigenvalue weighted by Crippen LogP contribution is -2.23. The Balaban J connectivity index is 1.65. The first-order valence-corrected chi connectivity index (χ1v) is 9.88. The Morgan fingerprint density at radius 3 is 2.35 bits per heavy atom. The normalized spacial score (nSPS) is 10.5. The van der Waals surface area contributed by atoms with Crippen LogP contribution in [0.15, 0.2) is 85.1 Å². The zero-order chi connectivity index (χ0) is 21.6. The van der Waals surface area contributed by atoms with E-state index in [0.29, 0.717) is 23.6 Å². The van der Waals surface area contributed by atoms with E-state index in [2.05, 4.69) is 5.32 Å². The van der Waals surface area contributed by atoms with Crippen molar-refractivity contribution in [3.8, 4) is 28.4 Å². The number of benzene rings is 3. The van der Waals surface area contributed by atoms with Crippen molar-refractivity contribution in [2.75, 3.05) is 14.2 Å². The largest absolute Gasteiger partial charge is 0.497 e. The van der Waals surface area contributed by atoms with Crippen LogP contribution >= 0.6 is 0 Å². The summed E-state index contributed by atoms with van der Waals surface area (Å²) < 4.78 is 12.3. The third-order valence-electron chi connectivity index (χ3n) is 4.93. The minimum atomic E-state index is -0.198. The molecule has 0 aliphatic heterocycles. The maximum absolute atomic E-state index is 13.1. The average Bonchev–Trinajstić information content (AvgIpc) is 3.29. The van der Waals surface area contributed by atoms with Crippen LogP contribution in [0.2, 0.25) is 0 Å². The lowest BCUT2D eigenvalue weighted by Gasteiger charge is -2.07. The van der Waals surface area contributed by atoms with Crippen LogP contribution < -0.4 is 14.8 Å². The number of ether oxygens (including phenoxy) is 2. The van der Waals surface area contributed by atoms with Gasteiger partial charge in [0.25, 0.3) is 5.91 Å². The van der Waals surface area contributed by atoms with Crippen molar-refractivity contribution in [3.63, 3.8) is 0 Å². The number of carbonyl (C=O) groups is 1. The molecule has 3 aromatic carbocycles. The number of rotatable bonds is 7. The van der Waals surface area contributed by atoms with Crippen LogP contribution in [-0.4, -0.2) is 29.9 Å². The van der Waals surface area contributed by atoms with Gasteiger partial charge in [-0.25, -0.2) is 4.68 Å². The van der Waals surface area contributed by atoms with E-state index in [1.807, 2.05) is 78.9 Å². The second-order valence-electron chi connectivity index (χ2n) is 6.93. The van der Waals surface area contributed by atoms with E-state index < -0.39 is 0 Å². The highest BCUT2D eigenvalue weighted by molar-refractivity contribution is 6.00. The Bertz CT molecular complexity index is 1170. The van der Waals surface area contributed by atoms with E-state index in [1.54, 1.807) is 25.1 Å². The molecule has 0 aliphatic rings. The quantitative estimate of drug-likeness (QED) is 0.485. The predicted octanol–water partition coefficient (Wildman–Crippen LogP) is 4.49. The molecule has 4 rings (SSSR count). The summed E-state index contributed by atoms with van der Waals surface area (Å²) in [5, 5.41) is 7.70. The number of amides is 1. The monoisotopic (exact) mass is 413 g/mol. The highest BCUT2D eigenvalue weighted by Crippen LogP contribution is 2.27. The molecule has 31 heavy (non-hydrogen) atoms. The first kappa shape index (κ1) is 20.2. The molecule has 6 nitrogen and oxygen atoms in total. The Kier molecular flexibility index (Phi) is 5.98. The van der Waals surface area contributed by atoms with Crippen LogP contribution in [-0.2, 0) is 6.54 Å². The van der Waals surface area contributed by atoms with Gasteiger partial charge in [-0.05, 0) is 42.0 Å². The lowest BCUT2D eigenvalue weighted by atomic mass is 10.1. The minimum absolute atomic E-state index is 0.198. The van der Waals surface area contributed by atoms with Gasteiger partial charge in [0.05, 0.1) is 25.5 Å². The van der Waals surface area contributed by atoms with Crippen molar-refractivity contribution in [3.05, 3.63) is 96.2 Å². The second kappa shape index (κ2) is 9.17.